The van der Waals surface area contributed by atoms with Gasteiger partial charge in [0.05, 0.1) is 16.7 Å². The maximum Gasteiger partial charge on any atom is 0.258 e. The molecule has 3 aliphatic rings. The summed E-state index contributed by atoms with van der Waals surface area (Å²) in [6, 6.07) is 13.0. The van der Waals surface area contributed by atoms with Crippen molar-refractivity contribution in [3.8, 4) is 11.5 Å². The van der Waals surface area contributed by atoms with Crippen molar-refractivity contribution < 1.29 is 28.6 Å². The Morgan fingerprint density at radius 1 is 0.970 bits per heavy atom. The predicted molar refractivity (Wildman–Crippen MR) is 120 cm³/mol. The highest BCUT2D eigenvalue weighted by molar-refractivity contribution is 6.30. The molecule has 2 bridgehead atoms. The Balaban J connectivity index is 1.28. The lowest BCUT2D eigenvalue weighted by Gasteiger charge is -2.56. The molecular formula is C24H26ClFN2O5. The number of hydrogen-bond donors (Lipinski definition) is 3. The molecule has 2 aromatic carbocycles. The van der Waals surface area contributed by atoms with Gasteiger partial charge in [-0.25, -0.2) is 4.39 Å². The Morgan fingerprint density at radius 2 is 1.61 bits per heavy atom. The standard InChI is InChI=1S/C24H26ClFN2O5/c25-18-7-6-17(12-19(18)26)33-15-22(31)28-24-10-8-23(9-11-24,13-20(24)29)27-21(30)14-32-16-4-2-1-3-5-16/h1-7,12,20,29H,8-11,13-15H2,(H,27,30)(H,28,31)/t20-,23?,24?/m0/s1. The average molecular weight is 477 g/mol. The minimum Gasteiger partial charge on any atom is -0.484 e. The zero-order chi connectivity index (χ0) is 23.5. The Bertz CT molecular complexity index is 1010. The van der Waals surface area contributed by atoms with E-state index in [0.717, 1.165) is 6.07 Å². The lowest BCUT2D eigenvalue weighted by molar-refractivity contribution is -0.137. The number of rotatable bonds is 8. The second kappa shape index (κ2) is 9.57. The molecule has 5 rings (SSSR count). The second-order valence-electron chi connectivity index (χ2n) is 8.72. The van der Waals surface area contributed by atoms with E-state index in [1.54, 1.807) is 12.1 Å². The first kappa shape index (κ1) is 23.3. The van der Waals surface area contributed by atoms with Gasteiger partial charge in [-0.05, 0) is 56.4 Å². The lowest BCUT2D eigenvalue weighted by Crippen LogP contribution is -2.70. The number of aliphatic hydroxyl groups excluding tert-OH is 1. The van der Waals surface area contributed by atoms with Crippen LogP contribution >= 0.6 is 11.6 Å². The average Bonchev–Trinajstić information content (AvgIpc) is 2.80. The fraction of sp³-hybridized carbons (Fsp3) is 0.417. The van der Waals surface area contributed by atoms with Crippen molar-refractivity contribution in [3.05, 3.63) is 59.4 Å². The summed E-state index contributed by atoms with van der Waals surface area (Å²) in [6.45, 7) is -0.416. The van der Waals surface area contributed by atoms with Crippen molar-refractivity contribution in [1.29, 1.82) is 0 Å². The SMILES string of the molecule is O=C(COc1ccccc1)NC12CCC(NC(=O)COc3ccc(Cl)c(F)c3)(CC1)[C@@H](O)C2. The molecule has 2 aromatic rings. The minimum absolute atomic E-state index is 0.0274. The first-order chi connectivity index (χ1) is 15.8. The molecule has 0 unspecified atom stereocenters. The molecule has 176 valence electrons. The van der Waals surface area contributed by atoms with Gasteiger partial charge in [0.1, 0.15) is 17.3 Å². The molecule has 9 heteroatoms. The molecule has 1 atom stereocenters. The van der Waals surface area contributed by atoms with E-state index in [4.69, 9.17) is 21.1 Å². The summed E-state index contributed by atoms with van der Waals surface area (Å²) in [5.74, 6) is -0.470. The van der Waals surface area contributed by atoms with Crippen molar-refractivity contribution in [1.82, 2.24) is 10.6 Å². The Hall–Kier alpha value is -2.84. The van der Waals surface area contributed by atoms with E-state index in [1.807, 2.05) is 18.2 Å². The van der Waals surface area contributed by atoms with Gasteiger partial charge in [0.15, 0.2) is 13.2 Å². The van der Waals surface area contributed by atoms with Crippen LogP contribution in [0.2, 0.25) is 5.02 Å². The molecule has 2 amide bonds. The lowest BCUT2D eigenvalue weighted by atomic mass is 9.60. The summed E-state index contributed by atoms with van der Waals surface area (Å²) < 4.78 is 24.4. The van der Waals surface area contributed by atoms with Crippen LogP contribution in [-0.4, -0.2) is 47.3 Å². The number of ether oxygens (including phenoxy) is 2. The van der Waals surface area contributed by atoms with Crippen LogP contribution in [0.4, 0.5) is 4.39 Å². The third kappa shape index (κ3) is 5.39. The fourth-order valence-electron chi connectivity index (χ4n) is 4.69. The number of hydrogen-bond acceptors (Lipinski definition) is 5. The normalized spacial score (nSPS) is 25.8. The van der Waals surface area contributed by atoms with Crippen LogP contribution in [-0.2, 0) is 9.59 Å². The number of aliphatic hydroxyl groups is 1. The van der Waals surface area contributed by atoms with Gasteiger partial charge in [-0.15, -0.1) is 0 Å². The van der Waals surface area contributed by atoms with Gasteiger partial charge >= 0.3 is 0 Å². The van der Waals surface area contributed by atoms with Gasteiger partial charge in [-0.3, -0.25) is 9.59 Å². The largest absolute Gasteiger partial charge is 0.484 e. The molecule has 0 aromatic heterocycles. The van der Waals surface area contributed by atoms with Crippen molar-refractivity contribution in [2.45, 2.75) is 49.3 Å². The maximum absolute atomic E-state index is 13.5. The number of carbonyl (C=O) groups is 2. The predicted octanol–water partition coefficient (Wildman–Crippen LogP) is 2.99. The molecule has 33 heavy (non-hydrogen) atoms. The Kier molecular flexibility index (Phi) is 6.76. The molecule has 0 radical (unpaired) electrons. The van der Waals surface area contributed by atoms with Crippen LogP contribution in [0.15, 0.2) is 48.5 Å². The van der Waals surface area contributed by atoms with Gasteiger partial charge in [0, 0.05) is 11.6 Å². The minimum atomic E-state index is -0.813. The number of carbonyl (C=O) groups excluding carboxylic acids is 2. The van der Waals surface area contributed by atoms with E-state index in [1.165, 1.54) is 12.1 Å². The summed E-state index contributed by atoms with van der Waals surface area (Å²) >= 11 is 5.65. The third-order valence-electron chi connectivity index (χ3n) is 6.49. The first-order valence-corrected chi connectivity index (χ1v) is 11.2. The molecule has 0 aliphatic heterocycles. The van der Waals surface area contributed by atoms with E-state index in [9.17, 15) is 19.1 Å². The summed E-state index contributed by atoms with van der Waals surface area (Å²) in [4.78, 5) is 24.9. The molecule has 0 spiro atoms. The molecule has 3 saturated carbocycles. The Morgan fingerprint density at radius 3 is 2.24 bits per heavy atom. The number of para-hydroxylation sites is 1. The number of fused-ring (bicyclic) bond motifs is 3. The quantitative estimate of drug-likeness (QED) is 0.544. The number of nitrogens with one attached hydrogen (secondary N) is 2. The van der Waals surface area contributed by atoms with Crippen molar-refractivity contribution in [3.63, 3.8) is 0 Å². The van der Waals surface area contributed by atoms with Gasteiger partial charge in [0.2, 0.25) is 0 Å². The van der Waals surface area contributed by atoms with Crippen LogP contribution in [0.25, 0.3) is 0 Å². The molecule has 3 fully saturated rings. The smallest absolute Gasteiger partial charge is 0.258 e. The third-order valence-corrected chi connectivity index (χ3v) is 6.79. The summed E-state index contributed by atoms with van der Waals surface area (Å²) in [7, 11) is 0. The zero-order valence-electron chi connectivity index (χ0n) is 18.0. The van der Waals surface area contributed by atoms with Gasteiger partial charge in [0.25, 0.3) is 11.8 Å². The topological polar surface area (TPSA) is 96.9 Å². The van der Waals surface area contributed by atoms with Crippen LogP contribution in [0.5, 0.6) is 11.5 Å². The monoisotopic (exact) mass is 476 g/mol. The molecular weight excluding hydrogens is 451 g/mol. The molecule has 7 nitrogen and oxygen atoms in total. The second-order valence-corrected chi connectivity index (χ2v) is 9.13. The van der Waals surface area contributed by atoms with Gasteiger partial charge in [-0.1, -0.05) is 29.8 Å². The maximum atomic E-state index is 13.5. The highest BCUT2D eigenvalue weighted by atomic mass is 35.5. The first-order valence-electron chi connectivity index (χ1n) is 10.9. The van der Waals surface area contributed by atoms with E-state index in [-0.39, 0.29) is 29.9 Å². The summed E-state index contributed by atoms with van der Waals surface area (Å²) in [5.41, 5.74) is -1.28. The van der Waals surface area contributed by atoms with Crippen molar-refractivity contribution in [2.75, 3.05) is 13.2 Å². The molecule has 3 aliphatic carbocycles. The highest BCUT2D eigenvalue weighted by Gasteiger charge is 2.55. The highest BCUT2D eigenvalue weighted by Crippen LogP contribution is 2.47. The van der Waals surface area contributed by atoms with E-state index >= 15 is 0 Å². The van der Waals surface area contributed by atoms with Gasteiger partial charge < -0.3 is 25.2 Å². The molecule has 0 heterocycles. The van der Waals surface area contributed by atoms with E-state index in [2.05, 4.69) is 10.6 Å². The zero-order valence-corrected chi connectivity index (χ0v) is 18.7. The van der Waals surface area contributed by atoms with Gasteiger partial charge in [-0.2, -0.15) is 0 Å². The van der Waals surface area contributed by atoms with Crippen molar-refractivity contribution in [2.24, 2.45) is 0 Å². The van der Waals surface area contributed by atoms with Crippen LogP contribution in [0, 0.1) is 5.82 Å². The Labute approximate surface area is 196 Å². The van der Waals surface area contributed by atoms with Crippen LogP contribution in [0.1, 0.15) is 32.1 Å². The molecule has 0 saturated heterocycles. The van der Waals surface area contributed by atoms with E-state index < -0.39 is 28.9 Å². The number of benzene rings is 2. The van der Waals surface area contributed by atoms with E-state index in [0.29, 0.717) is 37.9 Å². The van der Waals surface area contributed by atoms with Crippen LogP contribution in [0.3, 0.4) is 0 Å². The van der Waals surface area contributed by atoms with Crippen molar-refractivity contribution >= 4 is 23.4 Å². The molecule has 3 N–H and O–H groups in total. The summed E-state index contributed by atoms with van der Waals surface area (Å²) in [5, 5.41) is 16.8. The van der Waals surface area contributed by atoms with Crippen LogP contribution < -0.4 is 20.1 Å². The fourth-order valence-corrected chi connectivity index (χ4v) is 4.81. The number of amides is 2. The summed E-state index contributed by atoms with van der Waals surface area (Å²) in [6.07, 6.45) is 1.83. The number of halogens is 2.